The number of aliphatic hydroxyl groups excluding tert-OH is 1. The number of nitrogens with zero attached hydrogens (tertiary/aromatic N) is 4. The first-order valence-corrected chi connectivity index (χ1v) is 8.15. The Bertz CT molecular complexity index is 741. The number of hydrogen-bond donors (Lipinski definition) is 1. The van der Waals surface area contributed by atoms with Crippen LogP contribution in [-0.4, -0.2) is 32.9 Å². The summed E-state index contributed by atoms with van der Waals surface area (Å²) in [6, 6.07) is 2.83. The number of aromatic nitrogens is 3. The van der Waals surface area contributed by atoms with Crippen LogP contribution in [0.2, 0.25) is 0 Å². The van der Waals surface area contributed by atoms with Crippen LogP contribution >= 0.6 is 0 Å². The van der Waals surface area contributed by atoms with Gasteiger partial charge in [-0.3, -0.25) is 0 Å². The molecule has 0 aliphatic carbocycles. The second kappa shape index (κ2) is 6.76. The number of rotatable bonds is 4. The highest BCUT2D eigenvalue weighted by molar-refractivity contribution is 5.40. The number of aliphatic hydroxyl groups is 1. The molecular formula is C17H20F2N4O. The summed E-state index contributed by atoms with van der Waals surface area (Å²) >= 11 is 0. The second-order valence-corrected chi connectivity index (χ2v) is 5.94. The molecule has 2 aromatic rings. The fraction of sp³-hybridized carbons (Fsp3) is 0.471. The van der Waals surface area contributed by atoms with Crippen LogP contribution in [0.25, 0.3) is 0 Å². The van der Waals surface area contributed by atoms with Crippen LogP contribution in [0.1, 0.15) is 43.3 Å². The van der Waals surface area contributed by atoms with Gasteiger partial charge < -0.3 is 10.0 Å². The van der Waals surface area contributed by atoms with Crippen molar-refractivity contribution in [1.82, 2.24) is 15.2 Å². The fourth-order valence-corrected chi connectivity index (χ4v) is 3.15. The Labute approximate surface area is 139 Å². The van der Waals surface area contributed by atoms with Gasteiger partial charge in [-0.25, -0.2) is 13.8 Å². The molecule has 2 atom stereocenters. The van der Waals surface area contributed by atoms with Gasteiger partial charge in [0.15, 0.2) is 0 Å². The van der Waals surface area contributed by atoms with Gasteiger partial charge in [-0.2, -0.15) is 5.10 Å². The molecule has 1 N–H and O–H groups in total. The molecule has 7 heteroatoms. The van der Waals surface area contributed by atoms with E-state index in [0.29, 0.717) is 18.8 Å². The van der Waals surface area contributed by atoms with Crippen LogP contribution in [0.3, 0.4) is 0 Å². The van der Waals surface area contributed by atoms with Gasteiger partial charge in [0.05, 0.1) is 23.5 Å². The van der Waals surface area contributed by atoms with Crippen LogP contribution in [0.4, 0.5) is 14.7 Å². The van der Waals surface area contributed by atoms with Gasteiger partial charge in [-0.15, -0.1) is 5.10 Å². The third-order valence-corrected chi connectivity index (χ3v) is 4.35. The van der Waals surface area contributed by atoms with E-state index >= 15 is 0 Å². The lowest BCUT2D eigenvalue weighted by atomic mass is 10.0. The minimum Gasteiger partial charge on any atom is -0.391 e. The normalized spacial score (nSPS) is 20.6. The quantitative estimate of drug-likeness (QED) is 0.931. The summed E-state index contributed by atoms with van der Waals surface area (Å²) in [6.45, 7) is 4.22. The first-order chi connectivity index (χ1) is 11.5. The highest BCUT2D eigenvalue weighted by Crippen LogP contribution is 2.36. The number of anilines is 1. The molecule has 128 valence electrons. The summed E-state index contributed by atoms with van der Waals surface area (Å²) in [7, 11) is 0. The van der Waals surface area contributed by atoms with Crippen molar-refractivity contribution >= 4 is 5.95 Å². The molecule has 0 spiro atoms. The van der Waals surface area contributed by atoms with Crippen molar-refractivity contribution in [2.24, 2.45) is 0 Å². The van der Waals surface area contributed by atoms with Crippen LogP contribution in [0.15, 0.2) is 18.2 Å². The van der Waals surface area contributed by atoms with E-state index in [4.69, 9.17) is 0 Å². The molecule has 0 amide bonds. The van der Waals surface area contributed by atoms with Crippen molar-refractivity contribution in [1.29, 1.82) is 0 Å². The van der Waals surface area contributed by atoms with E-state index in [-0.39, 0.29) is 12.1 Å². The Morgan fingerprint density at radius 3 is 2.62 bits per heavy atom. The van der Waals surface area contributed by atoms with E-state index in [1.165, 1.54) is 6.07 Å². The van der Waals surface area contributed by atoms with Crippen LogP contribution in [-0.2, 0) is 12.8 Å². The number of β-amino-alcohol motifs (C(OH)–C–C–N with tert-alkyl or cyclic N) is 1. The molecule has 1 fully saturated rings. The Balaban J connectivity index is 2.01. The van der Waals surface area contributed by atoms with E-state index in [0.717, 1.165) is 29.9 Å². The summed E-state index contributed by atoms with van der Waals surface area (Å²) in [6.07, 6.45) is 1.08. The zero-order chi connectivity index (χ0) is 17.3. The summed E-state index contributed by atoms with van der Waals surface area (Å²) in [5, 5.41) is 18.4. The molecule has 24 heavy (non-hydrogen) atoms. The van der Waals surface area contributed by atoms with Crippen molar-refractivity contribution in [3.05, 3.63) is 46.8 Å². The lowest BCUT2D eigenvalue weighted by Crippen LogP contribution is -2.28. The molecule has 1 aromatic carbocycles. The number of hydrogen-bond acceptors (Lipinski definition) is 5. The lowest BCUT2D eigenvalue weighted by molar-refractivity contribution is 0.194. The van der Waals surface area contributed by atoms with E-state index in [1.807, 2.05) is 13.8 Å². The van der Waals surface area contributed by atoms with Crippen LogP contribution in [0, 0.1) is 11.6 Å². The molecule has 3 rings (SSSR count). The molecule has 0 saturated carbocycles. The predicted octanol–water partition coefficient (Wildman–Crippen LogP) is 2.59. The standard InChI is InChI=1S/C17H20F2N4O/c1-3-14-15(4-2)21-22-17(20-14)23-9-11(24)8-16(23)12-7-10(18)5-6-13(12)19/h5-7,11,16,24H,3-4,8-9H2,1-2H3/t11-,16-/m1/s1. The summed E-state index contributed by atoms with van der Waals surface area (Å²) in [5.41, 5.74) is 1.87. The average Bonchev–Trinajstić information content (AvgIpc) is 2.98. The van der Waals surface area contributed by atoms with Gasteiger partial charge in [-0.1, -0.05) is 13.8 Å². The third-order valence-electron chi connectivity index (χ3n) is 4.35. The van der Waals surface area contributed by atoms with Gasteiger partial charge in [0.25, 0.3) is 0 Å². The average molecular weight is 334 g/mol. The predicted molar refractivity (Wildman–Crippen MR) is 85.7 cm³/mol. The minimum atomic E-state index is -0.655. The number of benzene rings is 1. The van der Waals surface area contributed by atoms with Crippen molar-refractivity contribution in [3.8, 4) is 0 Å². The minimum absolute atomic E-state index is 0.202. The van der Waals surface area contributed by atoms with E-state index in [1.54, 1.807) is 4.90 Å². The molecule has 2 heterocycles. The number of aryl methyl sites for hydroxylation is 2. The maximum atomic E-state index is 14.2. The molecule has 5 nitrogen and oxygen atoms in total. The zero-order valence-corrected chi connectivity index (χ0v) is 13.7. The Hall–Kier alpha value is -2.15. The second-order valence-electron chi connectivity index (χ2n) is 5.94. The van der Waals surface area contributed by atoms with Crippen molar-refractivity contribution < 1.29 is 13.9 Å². The smallest absolute Gasteiger partial charge is 0.246 e. The van der Waals surface area contributed by atoms with Gasteiger partial charge in [0.1, 0.15) is 11.6 Å². The molecule has 1 aliphatic rings. The fourth-order valence-electron chi connectivity index (χ4n) is 3.15. The summed E-state index contributed by atoms with van der Waals surface area (Å²) in [4.78, 5) is 6.23. The number of halogens is 2. The molecule has 0 radical (unpaired) electrons. The molecule has 0 bridgehead atoms. The monoisotopic (exact) mass is 334 g/mol. The topological polar surface area (TPSA) is 62.1 Å². The van der Waals surface area contributed by atoms with Crippen molar-refractivity contribution in [2.75, 3.05) is 11.4 Å². The Morgan fingerprint density at radius 1 is 1.17 bits per heavy atom. The largest absolute Gasteiger partial charge is 0.391 e. The zero-order valence-electron chi connectivity index (χ0n) is 13.7. The van der Waals surface area contributed by atoms with Gasteiger partial charge >= 0.3 is 0 Å². The highest BCUT2D eigenvalue weighted by Gasteiger charge is 2.36. The first-order valence-electron chi connectivity index (χ1n) is 8.15. The van der Waals surface area contributed by atoms with Crippen molar-refractivity contribution in [3.63, 3.8) is 0 Å². The van der Waals surface area contributed by atoms with E-state index in [2.05, 4.69) is 15.2 Å². The van der Waals surface area contributed by atoms with Crippen LogP contribution in [0.5, 0.6) is 0 Å². The van der Waals surface area contributed by atoms with Gasteiger partial charge in [0.2, 0.25) is 5.95 Å². The molecule has 1 aliphatic heterocycles. The maximum absolute atomic E-state index is 14.2. The molecular weight excluding hydrogens is 314 g/mol. The Morgan fingerprint density at radius 2 is 1.92 bits per heavy atom. The van der Waals surface area contributed by atoms with Gasteiger partial charge in [-0.05, 0) is 37.5 Å². The lowest BCUT2D eigenvalue weighted by Gasteiger charge is -2.25. The SMILES string of the molecule is CCc1nnc(N2C[C@H](O)C[C@@H]2c2cc(F)ccc2F)nc1CC. The Kier molecular flexibility index (Phi) is 4.71. The highest BCUT2D eigenvalue weighted by atomic mass is 19.1. The van der Waals surface area contributed by atoms with E-state index < -0.39 is 23.8 Å². The summed E-state index contributed by atoms with van der Waals surface area (Å²) in [5.74, 6) is -0.675. The third kappa shape index (κ3) is 3.08. The first kappa shape index (κ1) is 16.7. The molecule has 1 aromatic heterocycles. The summed E-state index contributed by atoms with van der Waals surface area (Å²) < 4.78 is 27.7. The van der Waals surface area contributed by atoms with Gasteiger partial charge in [0, 0.05) is 12.1 Å². The van der Waals surface area contributed by atoms with Crippen molar-refractivity contribution in [2.45, 2.75) is 45.3 Å². The van der Waals surface area contributed by atoms with Crippen LogP contribution < -0.4 is 4.90 Å². The molecule has 1 saturated heterocycles. The maximum Gasteiger partial charge on any atom is 0.246 e. The van der Waals surface area contributed by atoms with E-state index in [9.17, 15) is 13.9 Å². The molecule has 0 unspecified atom stereocenters.